The van der Waals surface area contributed by atoms with Gasteiger partial charge in [0, 0.05) is 6.04 Å². The highest BCUT2D eigenvalue weighted by molar-refractivity contribution is 8.01. The van der Waals surface area contributed by atoms with Gasteiger partial charge >= 0.3 is 0 Å². The molecule has 0 spiro atoms. The number of aryl methyl sites for hydroxylation is 1. The summed E-state index contributed by atoms with van der Waals surface area (Å²) in [7, 11) is 0. The quantitative estimate of drug-likeness (QED) is 0.930. The summed E-state index contributed by atoms with van der Waals surface area (Å²) in [4.78, 5) is 0.547. The molecular weight excluding hydrogens is 257 g/mol. The summed E-state index contributed by atoms with van der Waals surface area (Å²) in [5, 5.41) is 8.72. The zero-order chi connectivity index (χ0) is 12.4. The largest absolute Gasteiger partial charge is 0.324 e. The molecule has 0 amide bonds. The van der Waals surface area contributed by atoms with Crippen LogP contribution >= 0.6 is 23.1 Å². The molecule has 0 fully saturated rings. The molecule has 17 heavy (non-hydrogen) atoms. The molecule has 0 unspecified atom stereocenters. The van der Waals surface area contributed by atoms with Crippen LogP contribution in [0.25, 0.3) is 0 Å². The molecular formula is C11H12FN3S2. The molecule has 2 aromatic rings. The van der Waals surface area contributed by atoms with Gasteiger partial charge in [0.2, 0.25) is 0 Å². The second kappa shape index (κ2) is 5.12. The smallest absolute Gasteiger partial charge is 0.179 e. The van der Waals surface area contributed by atoms with Crippen molar-refractivity contribution in [1.29, 1.82) is 0 Å². The first-order valence-electron chi connectivity index (χ1n) is 5.09. The third-order valence-electron chi connectivity index (χ3n) is 2.19. The monoisotopic (exact) mass is 269 g/mol. The Balaban J connectivity index is 2.22. The first-order valence-corrected chi connectivity index (χ1v) is 6.72. The van der Waals surface area contributed by atoms with E-state index in [9.17, 15) is 4.39 Å². The molecule has 0 saturated heterocycles. The molecule has 0 aliphatic carbocycles. The standard InChI is InChI=1S/C11H12FN3S2/c1-6(13)8-3-4-10(9(12)5-8)17-11-15-14-7(2)16-11/h3-6H,13H2,1-2H3/t6-/m0/s1. The van der Waals surface area contributed by atoms with Gasteiger partial charge in [0.15, 0.2) is 4.34 Å². The summed E-state index contributed by atoms with van der Waals surface area (Å²) in [5.41, 5.74) is 6.49. The SMILES string of the molecule is Cc1nnc(Sc2ccc([C@H](C)N)cc2F)s1. The van der Waals surface area contributed by atoms with Crippen LogP contribution in [-0.2, 0) is 0 Å². The Kier molecular flexibility index (Phi) is 3.76. The topological polar surface area (TPSA) is 51.8 Å². The highest BCUT2D eigenvalue weighted by Gasteiger charge is 2.10. The number of nitrogens with two attached hydrogens (primary N) is 1. The van der Waals surface area contributed by atoms with Crippen molar-refractivity contribution >= 4 is 23.1 Å². The molecule has 6 heteroatoms. The van der Waals surface area contributed by atoms with Crippen LogP contribution in [0, 0.1) is 12.7 Å². The van der Waals surface area contributed by atoms with Crippen molar-refractivity contribution in [3.05, 3.63) is 34.6 Å². The summed E-state index contributed by atoms with van der Waals surface area (Å²) in [5.74, 6) is -0.266. The molecule has 90 valence electrons. The number of hydrogen-bond acceptors (Lipinski definition) is 5. The normalized spacial score (nSPS) is 12.7. The van der Waals surface area contributed by atoms with Crippen LogP contribution in [0.5, 0.6) is 0 Å². The minimum atomic E-state index is -0.266. The Labute approximate surface area is 107 Å². The van der Waals surface area contributed by atoms with Crippen molar-refractivity contribution in [2.75, 3.05) is 0 Å². The van der Waals surface area contributed by atoms with Crippen LogP contribution in [0.3, 0.4) is 0 Å². The van der Waals surface area contributed by atoms with Gasteiger partial charge in [-0.15, -0.1) is 10.2 Å². The number of hydrogen-bond donors (Lipinski definition) is 1. The van der Waals surface area contributed by atoms with Gasteiger partial charge in [-0.3, -0.25) is 0 Å². The summed E-state index contributed by atoms with van der Waals surface area (Å²) >= 11 is 2.74. The Morgan fingerprint density at radius 1 is 1.41 bits per heavy atom. The van der Waals surface area contributed by atoms with Crippen LogP contribution in [0.4, 0.5) is 4.39 Å². The van der Waals surface area contributed by atoms with Gasteiger partial charge in [-0.05, 0) is 31.5 Å². The zero-order valence-corrected chi connectivity index (χ0v) is 11.1. The van der Waals surface area contributed by atoms with Gasteiger partial charge in [0.05, 0.1) is 4.90 Å². The van der Waals surface area contributed by atoms with Crippen LogP contribution in [-0.4, -0.2) is 10.2 Å². The number of halogens is 1. The van der Waals surface area contributed by atoms with E-state index in [2.05, 4.69) is 10.2 Å². The van der Waals surface area contributed by atoms with Crippen LogP contribution in [0.15, 0.2) is 27.4 Å². The van der Waals surface area contributed by atoms with Crippen molar-refractivity contribution in [2.45, 2.75) is 29.1 Å². The average Bonchev–Trinajstić information content (AvgIpc) is 2.67. The molecule has 0 aliphatic heterocycles. The molecule has 2 N–H and O–H groups in total. The lowest BCUT2D eigenvalue weighted by Crippen LogP contribution is -2.05. The number of nitrogens with zero attached hydrogens (tertiary/aromatic N) is 2. The first kappa shape index (κ1) is 12.5. The minimum absolute atomic E-state index is 0.160. The Bertz CT molecular complexity index is 525. The molecule has 0 saturated carbocycles. The van der Waals surface area contributed by atoms with E-state index in [1.165, 1.54) is 29.2 Å². The predicted molar refractivity (Wildman–Crippen MR) is 67.8 cm³/mol. The fraction of sp³-hybridized carbons (Fsp3) is 0.273. The third-order valence-corrected chi connectivity index (χ3v) is 4.13. The Hall–Kier alpha value is -0.980. The Morgan fingerprint density at radius 2 is 2.18 bits per heavy atom. The van der Waals surface area contributed by atoms with E-state index in [1.807, 2.05) is 19.9 Å². The van der Waals surface area contributed by atoms with Gasteiger partial charge in [-0.25, -0.2) is 4.39 Å². The van der Waals surface area contributed by atoms with Gasteiger partial charge in [-0.2, -0.15) is 0 Å². The maximum atomic E-state index is 13.8. The van der Waals surface area contributed by atoms with Crippen molar-refractivity contribution in [3.63, 3.8) is 0 Å². The third kappa shape index (κ3) is 3.02. The van der Waals surface area contributed by atoms with E-state index in [-0.39, 0.29) is 11.9 Å². The first-order chi connectivity index (χ1) is 8.06. The molecule has 0 aliphatic rings. The molecule has 1 aromatic heterocycles. The number of benzene rings is 1. The lowest BCUT2D eigenvalue weighted by molar-refractivity contribution is 0.596. The van der Waals surface area contributed by atoms with Crippen molar-refractivity contribution in [3.8, 4) is 0 Å². The second-order valence-corrected chi connectivity index (χ2v) is 6.14. The summed E-state index contributed by atoms with van der Waals surface area (Å²) in [6.07, 6.45) is 0. The van der Waals surface area contributed by atoms with E-state index in [0.717, 1.165) is 14.9 Å². The van der Waals surface area contributed by atoms with Crippen LogP contribution in [0.1, 0.15) is 23.5 Å². The molecule has 0 bridgehead atoms. The van der Waals surface area contributed by atoms with Crippen LogP contribution < -0.4 is 5.73 Å². The molecule has 0 radical (unpaired) electrons. The van der Waals surface area contributed by atoms with Crippen molar-refractivity contribution < 1.29 is 4.39 Å². The average molecular weight is 269 g/mol. The minimum Gasteiger partial charge on any atom is -0.324 e. The highest BCUT2D eigenvalue weighted by atomic mass is 32.2. The highest BCUT2D eigenvalue weighted by Crippen LogP contribution is 2.32. The van der Waals surface area contributed by atoms with E-state index < -0.39 is 0 Å². The van der Waals surface area contributed by atoms with Gasteiger partial charge < -0.3 is 5.73 Å². The van der Waals surface area contributed by atoms with Crippen LogP contribution in [0.2, 0.25) is 0 Å². The number of rotatable bonds is 3. The number of aromatic nitrogens is 2. The van der Waals surface area contributed by atoms with Crippen molar-refractivity contribution in [1.82, 2.24) is 10.2 Å². The van der Waals surface area contributed by atoms with Crippen molar-refractivity contribution in [2.24, 2.45) is 5.73 Å². The van der Waals surface area contributed by atoms with Gasteiger partial charge in [0.25, 0.3) is 0 Å². The summed E-state index contributed by atoms with van der Waals surface area (Å²) in [6.45, 7) is 3.70. The fourth-order valence-corrected chi connectivity index (χ4v) is 3.07. The maximum Gasteiger partial charge on any atom is 0.179 e. The fourth-order valence-electron chi connectivity index (χ4n) is 1.30. The molecule has 1 aromatic carbocycles. The molecule has 1 atom stereocenters. The predicted octanol–water partition coefficient (Wildman–Crippen LogP) is 3.16. The molecule has 1 heterocycles. The lowest BCUT2D eigenvalue weighted by Gasteiger charge is -2.07. The van der Waals surface area contributed by atoms with Gasteiger partial charge in [0.1, 0.15) is 10.8 Å². The van der Waals surface area contributed by atoms with Gasteiger partial charge in [-0.1, -0.05) is 29.2 Å². The maximum absolute atomic E-state index is 13.8. The Morgan fingerprint density at radius 3 is 2.71 bits per heavy atom. The molecule has 3 nitrogen and oxygen atoms in total. The second-order valence-electron chi connectivity index (χ2n) is 3.67. The van der Waals surface area contributed by atoms with E-state index in [1.54, 1.807) is 6.07 Å². The zero-order valence-electron chi connectivity index (χ0n) is 9.48. The summed E-state index contributed by atoms with van der Waals surface area (Å²) in [6, 6.07) is 4.88. The van der Waals surface area contributed by atoms with E-state index >= 15 is 0 Å². The van der Waals surface area contributed by atoms with E-state index in [0.29, 0.717) is 4.90 Å². The van der Waals surface area contributed by atoms with E-state index in [4.69, 9.17) is 5.73 Å². The lowest BCUT2D eigenvalue weighted by atomic mass is 10.1. The summed E-state index contributed by atoms with van der Waals surface area (Å²) < 4.78 is 14.5. The molecule has 2 rings (SSSR count).